The van der Waals surface area contributed by atoms with Crippen LogP contribution in [0.25, 0.3) is 0 Å². The van der Waals surface area contributed by atoms with Gasteiger partial charge in [-0.1, -0.05) is 6.07 Å². The Bertz CT molecular complexity index is 827. The highest BCUT2D eigenvalue weighted by Gasteiger charge is 2.33. The summed E-state index contributed by atoms with van der Waals surface area (Å²) >= 11 is 0. The Hall–Kier alpha value is -2.25. The molecule has 0 radical (unpaired) electrons. The molecule has 0 bridgehead atoms. The number of β-amino-alcohol motifs (C(OH)–C–C–N with tert-alkyl or cyclic N) is 1. The Morgan fingerprint density at radius 3 is 2.83 bits per heavy atom. The van der Waals surface area contributed by atoms with Gasteiger partial charge in [0.25, 0.3) is 5.56 Å². The molecule has 1 aliphatic heterocycles. The van der Waals surface area contributed by atoms with Crippen LogP contribution in [0.3, 0.4) is 0 Å². The summed E-state index contributed by atoms with van der Waals surface area (Å²) in [5.41, 5.74) is 1.64. The normalized spacial score (nSPS) is 21.7. The van der Waals surface area contributed by atoms with Crippen LogP contribution in [0.2, 0.25) is 0 Å². The molecule has 0 aromatic carbocycles. The van der Waals surface area contributed by atoms with E-state index < -0.39 is 11.8 Å². The van der Waals surface area contributed by atoms with Crippen molar-refractivity contribution in [3.8, 4) is 0 Å². The van der Waals surface area contributed by atoms with Crippen molar-refractivity contribution < 1.29 is 5.11 Å². The monoisotopic (exact) mass is 316 g/mol. The Morgan fingerprint density at radius 2 is 2.09 bits per heavy atom. The second-order valence-corrected chi connectivity index (χ2v) is 6.07. The number of aryl methyl sites for hydroxylation is 2. The summed E-state index contributed by atoms with van der Waals surface area (Å²) in [6, 6.07) is 3.52. The van der Waals surface area contributed by atoms with E-state index in [1.54, 1.807) is 13.1 Å². The summed E-state index contributed by atoms with van der Waals surface area (Å²) in [4.78, 5) is 32.2. The first-order chi connectivity index (χ1) is 11.0. The maximum Gasteiger partial charge on any atom is 0.328 e. The molecule has 2 N–H and O–H groups in total. The van der Waals surface area contributed by atoms with Gasteiger partial charge in [-0.05, 0) is 25.5 Å². The standard InChI is InChI=1S/C16H20N4O3/c1-10-4-3-5-17-12(10)7-19-8-13(14(21)9-19)20-6-11(2)15(22)18-16(20)23/h3-6,13-14,21H,7-9H2,1-2H3,(H,18,22,23)/t13-,14-/m0/s1. The van der Waals surface area contributed by atoms with Crippen molar-refractivity contribution in [3.05, 3.63) is 62.2 Å². The molecule has 3 rings (SSSR count). The lowest BCUT2D eigenvalue weighted by Crippen LogP contribution is -2.37. The van der Waals surface area contributed by atoms with E-state index in [0.717, 1.165) is 11.3 Å². The van der Waals surface area contributed by atoms with Crippen LogP contribution in [0.1, 0.15) is 22.9 Å². The van der Waals surface area contributed by atoms with Gasteiger partial charge in [-0.15, -0.1) is 0 Å². The Kier molecular flexibility index (Phi) is 4.14. The van der Waals surface area contributed by atoms with Crippen LogP contribution in [-0.2, 0) is 6.54 Å². The molecule has 0 amide bonds. The van der Waals surface area contributed by atoms with Crippen LogP contribution in [0.4, 0.5) is 0 Å². The lowest BCUT2D eigenvalue weighted by Gasteiger charge is -2.18. The number of aromatic nitrogens is 3. The molecule has 3 heterocycles. The fourth-order valence-electron chi connectivity index (χ4n) is 2.98. The van der Waals surface area contributed by atoms with E-state index in [1.807, 2.05) is 19.1 Å². The highest BCUT2D eigenvalue weighted by atomic mass is 16.3. The highest BCUT2D eigenvalue weighted by Crippen LogP contribution is 2.22. The van der Waals surface area contributed by atoms with E-state index in [9.17, 15) is 14.7 Å². The van der Waals surface area contributed by atoms with E-state index in [4.69, 9.17) is 0 Å². The lowest BCUT2D eigenvalue weighted by atomic mass is 10.2. The molecular formula is C16H20N4O3. The average molecular weight is 316 g/mol. The number of hydrogen-bond donors (Lipinski definition) is 2. The zero-order chi connectivity index (χ0) is 16.6. The topological polar surface area (TPSA) is 91.2 Å². The first kappa shape index (κ1) is 15.6. The van der Waals surface area contributed by atoms with Gasteiger partial charge < -0.3 is 5.11 Å². The van der Waals surface area contributed by atoms with Crippen molar-refractivity contribution in [1.82, 2.24) is 19.4 Å². The van der Waals surface area contributed by atoms with Crippen molar-refractivity contribution in [2.24, 2.45) is 0 Å². The Labute approximate surface area is 133 Å². The average Bonchev–Trinajstić information content (AvgIpc) is 2.86. The molecule has 2 aromatic rings. The van der Waals surface area contributed by atoms with E-state index in [0.29, 0.717) is 25.2 Å². The molecule has 7 nitrogen and oxygen atoms in total. The second-order valence-electron chi connectivity index (χ2n) is 6.07. The molecule has 1 fully saturated rings. The van der Waals surface area contributed by atoms with E-state index >= 15 is 0 Å². The molecule has 23 heavy (non-hydrogen) atoms. The number of nitrogens with zero attached hydrogens (tertiary/aromatic N) is 3. The minimum absolute atomic E-state index is 0.373. The van der Waals surface area contributed by atoms with Crippen LogP contribution in [-0.4, -0.2) is 43.7 Å². The van der Waals surface area contributed by atoms with Crippen LogP contribution in [0, 0.1) is 13.8 Å². The highest BCUT2D eigenvalue weighted by molar-refractivity contribution is 5.17. The van der Waals surface area contributed by atoms with Gasteiger partial charge in [-0.3, -0.25) is 24.2 Å². The van der Waals surface area contributed by atoms with Gasteiger partial charge in [-0.25, -0.2) is 4.79 Å². The molecule has 7 heteroatoms. The first-order valence-electron chi connectivity index (χ1n) is 7.58. The smallest absolute Gasteiger partial charge is 0.328 e. The quantitative estimate of drug-likeness (QED) is 0.829. The largest absolute Gasteiger partial charge is 0.390 e. The third kappa shape index (κ3) is 3.11. The van der Waals surface area contributed by atoms with Gasteiger partial charge in [0.1, 0.15) is 0 Å². The zero-order valence-corrected chi connectivity index (χ0v) is 13.2. The molecule has 122 valence electrons. The number of likely N-dealkylation sites (tertiary alicyclic amines) is 1. The first-order valence-corrected chi connectivity index (χ1v) is 7.58. The van der Waals surface area contributed by atoms with Crippen molar-refractivity contribution in [2.75, 3.05) is 13.1 Å². The molecule has 2 atom stereocenters. The third-order valence-electron chi connectivity index (χ3n) is 4.33. The second kappa shape index (κ2) is 6.10. The zero-order valence-electron chi connectivity index (χ0n) is 13.2. The number of hydrogen-bond acceptors (Lipinski definition) is 5. The minimum Gasteiger partial charge on any atom is -0.390 e. The molecule has 1 aliphatic rings. The third-order valence-corrected chi connectivity index (χ3v) is 4.33. The molecule has 0 saturated carbocycles. The van der Waals surface area contributed by atoms with Gasteiger partial charge in [0, 0.05) is 37.6 Å². The van der Waals surface area contributed by atoms with E-state index in [1.165, 1.54) is 10.8 Å². The number of H-pyrrole nitrogens is 1. The van der Waals surface area contributed by atoms with E-state index in [-0.39, 0.29) is 11.6 Å². The van der Waals surface area contributed by atoms with Gasteiger partial charge in [0.05, 0.1) is 17.8 Å². The minimum atomic E-state index is -0.665. The summed E-state index contributed by atoms with van der Waals surface area (Å²) in [5.74, 6) is 0. The molecule has 0 unspecified atom stereocenters. The van der Waals surface area contributed by atoms with Crippen LogP contribution in [0.15, 0.2) is 34.1 Å². The van der Waals surface area contributed by atoms with Crippen LogP contribution >= 0.6 is 0 Å². The summed E-state index contributed by atoms with van der Waals surface area (Å²) in [6.07, 6.45) is 2.61. The van der Waals surface area contributed by atoms with Crippen LogP contribution < -0.4 is 11.2 Å². The molecule has 2 aromatic heterocycles. The predicted molar refractivity (Wildman–Crippen MR) is 85.4 cm³/mol. The fourth-order valence-corrected chi connectivity index (χ4v) is 2.98. The number of aliphatic hydroxyl groups is 1. The number of pyridine rings is 1. The SMILES string of the molecule is Cc1cccnc1CN1C[C@H](O)[C@@H](n2cc(C)c(=O)[nH]c2=O)C1. The summed E-state index contributed by atoms with van der Waals surface area (Å²) in [6.45, 7) is 5.26. The van der Waals surface area contributed by atoms with Crippen molar-refractivity contribution in [2.45, 2.75) is 32.5 Å². The molecule has 0 aliphatic carbocycles. The van der Waals surface area contributed by atoms with Gasteiger partial charge in [-0.2, -0.15) is 0 Å². The van der Waals surface area contributed by atoms with E-state index in [2.05, 4.69) is 14.9 Å². The Morgan fingerprint density at radius 1 is 1.30 bits per heavy atom. The fraction of sp³-hybridized carbons (Fsp3) is 0.438. The number of aromatic amines is 1. The van der Waals surface area contributed by atoms with Gasteiger partial charge in [0.2, 0.25) is 0 Å². The van der Waals surface area contributed by atoms with Crippen LogP contribution in [0.5, 0.6) is 0 Å². The number of rotatable bonds is 3. The maximum atomic E-state index is 12.0. The summed E-state index contributed by atoms with van der Waals surface area (Å²) < 4.78 is 1.42. The predicted octanol–water partition coefficient (Wildman–Crippen LogP) is -0.0338. The van der Waals surface area contributed by atoms with Crippen molar-refractivity contribution >= 4 is 0 Å². The number of aliphatic hydroxyl groups excluding tert-OH is 1. The van der Waals surface area contributed by atoms with Crippen molar-refractivity contribution in [3.63, 3.8) is 0 Å². The lowest BCUT2D eigenvalue weighted by molar-refractivity contribution is 0.141. The summed E-state index contributed by atoms with van der Waals surface area (Å²) in [7, 11) is 0. The molecule has 0 spiro atoms. The van der Waals surface area contributed by atoms with Gasteiger partial charge >= 0.3 is 5.69 Å². The Balaban J connectivity index is 1.82. The molecular weight excluding hydrogens is 296 g/mol. The maximum absolute atomic E-state index is 12.0. The molecule has 1 saturated heterocycles. The van der Waals surface area contributed by atoms with Gasteiger partial charge in [0.15, 0.2) is 0 Å². The van der Waals surface area contributed by atoms with Crippen molar-refractivity contribution in [1.29, 1.82) is 0 Å². The summed E-state index contributed by atoms with van der Waals surface area (Å²) in [5, 5.41) is 10.3. The number of nitrogens with one attached hydrogen (secondary N) is 1.